The first-order valence-electron chi connectivity index (χ1n) is 7.11. The lowest BCUT2D eigenvalue weighted by molar-refractivity contribution is -0.139. The molecule has 2 amide bonds. The molecule has 0 radical (unpaired) electrons. The summed E-state index contributed by atoms with van der Waals surface area (Å²) in [6.45, 7) is 1.33. The summed E-state index contributed by atoms with van der Waals surface area (Å²) in [7, 11) is 0. The molecule has 0 bridgehead atoms. The molecule has 2 aliphatic rings. The maximum Gasteiger partial charge on any atom is 0.320 e. The Morgan fingerprint density at radius 3 is 2.65 bits per heavy atom. The fourth-order valence-corrected chi connectivity index (χ4v) is 2.68. The Morgan fingerprint density at radius 1 is 1.35 bits per heavy atom. The van der Waals surface area contributed by atoms with Crippen LogP contribution in [0.15, 0.2) is 0 Å². The molecule has 0 aromatic carbocycles. The third-order valence-corrected chi connectivity index (χ3v) is 3.99. The number of carbonyl (C=O) groups is 2. The molecule has 0 spiro atoms. The van der Waals surface area contributed by atoms with Gasteiger partial charge in [-0.05, 0) is 19.3 Å². The molecule has 1 saturated carbocycles. The first kappa shape index (κ1) is 15.1. The third-order valence-electron chi connectivity index (χ3n) is 3.99. The van der Waals surface area contributed by atoms with Gasteiger partial charge in [0.1, 0.15) is 0 Å². The molecule has 0 aromatic heterocycles. The van der Waals surface area contributed by atoms with E-state index in [0.717, 1.165) is 19.3 Å². The maximum absolute atomic E-state index is 12.6. The van der Waals surface area contributed by atoms with Gasteiger partial charge in [0.2, 0.25) is 0 Å². The molecule has 7 nitrogen and oxygen atoms in total. The van der Waals surface area contributed by atoms with Crippen LogP contribution in [0.1, 0.15) is 25.7 Å². The van der Waals surface area contributed by atoms with E-state index >= 15 is 0 Å². The number of aliphatic carboxylic acids is 1. The van der Waals surface area contributed by atoms with Crippen molar-refractivity contribution in [2.24, 2.45) is 0 Å². The molecule has 0 aromatic rings. The molecule has 1 aliphatic heterocycles. The number of nitrogens with zero attached hydrogens (tertiary/aromatic N) is 2. The number of aliphatic hydroxyl groups excluding tert-OH is 1. The van der Waals surface area contributed by atoms with E-state index in [4.69, 9.17) is 14.9 Å². The smallest absolute Gasteiger partial charge is 0.320 e. The fourth-order valence-electron chi connectivity index (χ4n) is 2.68. The Hall–Kier alpha value is -1.34. The number of carboxylic acid groups (broad SMARTS) is 1. The number of aliphatic hydroxyl groups is 1. The average Bonchev–Trinajstić information content (AvgIpc) is 2.35. The first-order chi connectivity index (χ1) is 9.63. The van der Waals surface area contributed by atoms with Crippen molar-refractivity contribution >= 4 is 12.0 Å². The molecule has 1 saturated heterocycles. The number of ether oxygens (including phenoxy) is 1. The van der Waals surface area contributed by atoms with E-state index < -0.39 is 12.0 Å². The molecule has 2 N–H and O–H groups in total. The number of hydrogen-bond acceptors (Lipinski definition) is 4. The molecule has 7 heteroatoms. The van der Waals surface area contributed by atoms with Crippen molar-refractivity contribution in [1.29, 1.82) is 0 Å². The predicted octanol–water partition coefficient (Wildman–Crippen LogP) is 0.129. The van der Waals surface area contributed by atoms with Gasteiger partial charge < -0.3 is 24.7 Å². The minimum Gasteiger partial charge on any atom is -0.481 e. The van der Waals surface area contributed by atoms with Crippen LogP contribution in [0.4, 0.5) is 4.79 Å². The Labute approximate surface area is 118 Å². The summed E-state index contributed by atoms with van der Waals surface area (Å²) in [5.74, 6) is -0.935. The Morgan fingerprint density at radius 2 is 2.10 bits per heavy atom. The number of carboxylic acids is 1. The van der Waals surface area contributed by atoms with Crippen LogP contribution in [0.3, 0.4) is 0 Å². The highest BCUT2D eigenvalue weighted by atomic mass is 16.5. The number of urea groups is 1. The van der Waals surface area contributed by atoms with Crippen molar-refractivity contribution in [3.63, 3.8) is 0 Å². The van der Waals surface area contributed by atoms with E-state index in [9.17, 15) is 9.59 Å². The number of hydrogen-bond donors (Lipinski definition) is 2. The van der Waals surface area contributed by atoms with Gasteiger partial charge in [0.25, 0.3) is 0 Å². The second-order valence-corrected chi connectivity index (χ2v) is 5.30. The summed E-state index contributed by atoms with van der Waals surface area (Å²) in [5, 5.41) is 18.1. The largest absolute Gasteiger partial charge is 0.481 e. The van der Waals surface area contributed by atoms with E-state index in [-0.39, 0.29) is 31.7 Å². The first-order valence-corrected chi connectivity index (χ1v) is 7.11. The van der Waals surface area contributed by atoms with Gasteiger partial charge in [-0.15, -0.1) is 0 Å². The summed E-state index contributed by atoms with van der Waals surface area (Å²) >= 11 is 0. The quantitative estimate of drug-likeness (QED) is 0.749. The number of morpholine rings is 1. The van der Waals surface area contributed by atoms with Crippen LogP contribution < -0.4 is 0 Å². The van der Waals surface area contributed by atoms with Crippen molar-refractivity contribution in [3.8, 4) is 0 Å². The average molecular weight is 286 g/mol. The fraction of sp³-hybridized carbons (Fsp3) is 0.846. The van der Waals surface area contributed by atoms with Gasteiger partial charge >= 0.3 is 12.0 Å². The molecule has 2 fully saturated rings. The zero-order chi connectivity index (χ0) is 14.5. The van der Waals surface area contributed by atoms with E-state index in [1.807, 2.05) is 0 Å². The van der Waals surface area contributed by atoms with Crippen LogP contribution in [0.5, 0.6) is 0 Å². The number of carbonyl (C=O) groups excluding carboxylic acids is 1. The van der Waals surface area contributed by atoms with Crippen molar-refractivity contribution in [1.82, 2.24) is 9.80 Å². The Bertz CT molecular complexity index is 359. The zero-order valence-electron chi connectivity index (χ0n) is 11.5. The minimum absolute atomic E-state index is 0.0732. The topological polar surface area (TPSA) is 90.3 Å². The molecule has 114 valence electrons. The molecule has 1 unspecified atom stereocenters. The summed E-state index contributed by atoms with van der Waals surface area (Å²) in [5.41, 5.74) is 0. The van der Waals surface area contributed by atoms with Crippen molar-refractivity contribution in [3.05, 3.63) is 0 Å². The molecule has 1 aliphatic carbocycles. The van der Waals surface area contributed by atoms with Gasteiger partial charge in [0.15, 0.2) is 0 Å². The van der Waals surface area contributed by atoms with Crippen LogP contribution in [-0.4, -0.2) is 77.0 Å². The minimum atomic E-state index is -0.935. The van der Waals surface area contributed by atoms with E-state index in [1.165, 1.54) is 0 Å². The zero-order valence-corrected chi connectivity index (χ0v) is 11.5. The number of rotatable bonds is 5. The molecule has 2 rings (SSSR count). The van der Waals surface area contributed by atoms with Crippen LogP contribution in [0.25, 0.3) is 0 Å². The van der Waals surface area contributed by atoms with Gasteiger partial charge in [-0.25, -0.2) is 4.79 Å². The van der Waals surface area contributed by atoms with Crippen LogP contribution in [0, 0.1) is 0 Å². The van der Waals surface area contributed by atoms with Gasteiger partial charge in [-0.1, -0.05) is 0 Å². The Balaban J connectivity index is 2.04. The summed E-state index contributed by atoms with van der Waals surface area (Å²) in [6.07, 6.45) is 2.91. The van der Waals surface area contributed by atoms with Crippen molar-refractivity contribution < 1.29 is 24.5 Å². The number of amides is 2. The van der Waals surface area contributed by atoms with E-state index in [2.05, 4.69) is 0 Å². The lowest BCUT2D eigenvalue weighted by atomic mass is 9.91. The lowest BCUT2D eigenvalue weighted by Gasteiger charge is -2.43. The molecular weight excluding hydrogens is 264 g/mol. The SMILES string of the molecule is O=C(O)CC1COCCN1C(=O)N(CCO)C1CCC1. The Kier molecular flexibility index (Phi) is 5.19. The van der Waals surface area contributed by atoms with Gasteiger partial charge in [0.05, 0.1) is 32.3 Å². The van der Waals surface area contributed by atoms with Gasteiger partial charge in [0, 0.05) is 19.1 Å². The normalized spacial score (nSPS) is 23.2. The monoisotopic (exact) mass is 286 g/mol. The summed E-state index contributed by atoms with van der Waals surface area (Å²) < 4.78 is 5.28. The molecule has 1 atom stereocenters. The van der Waals surface area contributed by atoms with Crippen LogP contribution in [-0.2, 0) is 9.53 Å². The maximum atomic E-state index is 12.6. The van der Waals surface area contributed by atoms with Gasteiger partial charge in [-0.2, -0.15) is 0 Å². The second kappa shape index (κ2) is 6.90. The second-order valence-electron chi connectivity index (χ2n) is 5.30. The molecular formula is C13H22N2O5. The standard InChI is InChI=1S/C13H22N2O5/c16-6-4-14(10-2-1-3-10)13(19)15-5-7-20-9-11(15)8-12(17)18/h10-11,16H,1-9H2,(H,17,18). The van der Waals surface area contributed by atoms with Crippen molar-refractivity contribution in [2.75, 3.05) is 32.9 Å². The van der Waals surface area contributed by atoms with Crippen LogP contribution >= 0.6 is 0 Å². The molecule has 20 heavy (non-hydrogen) atoms. The van der Waals surface area contributed by atoms with Gasteiger partial charge in [-0.3, -0.25) is 4.79 Å². The third kappa shape index (κ3) is 3.40. The summed E-state index contributed by atoms with van der Waals surface area (Å²) in [4.78, 5) is 26.8. The van der Waals surface area contributed by atoms with E-state index in [0.29, 0.717) is 19.7 Å². The van der Waals surface area contributed by atoms with E-state index in [1.54, 1.807) is 9.80 Å². The highest BCUT2D eigenvalue weighted by Crippen LogP contribution is 2.26. The van der Waals surface area contributed by atoms with Crippen LogP contribution in [0.2, 0.25) is 0 Å². The predicted molar refractivity (Wildman–Crippen MR) is 70.4 cm³/mol. The highest BCUT2D eigenvalue weighted by Gasteiger charge is 2.36. The molecule has 1 heterocycles. The summed E-state index contributed by atoms with van der Waals surface area (Å²) in [6, 6.07) is -0.406. The highest BCUT2D eigenvalue weighted by molar-refractivity contribution is 5.77. The van der Waals surface area contributed by atoms with Crippen molar-refractivity contribution in [2.45, 2.75) is 37.8 Å². The lowest BCUT2D eigenvalue weighted by Crippen LogP contribution is -2.57.